The third-order valence-electron chi connectivity index (χ3n) is 4.00. The van der Waals surface area contributed by atoms with Crippen molar-refractivity contribution < 1.29 is 17.9 Å². The summed E-state index contributed by atoms with van der Waals surface area (Å²) >= 11 is 0. The quantitative estimate of drug-likeness (QED) is 0.417. The minimum absolute atomic E-state index is 0.0504. The molecule has 0 fully saturated rings. The summed E-state index contributed by atoms with van der Waals surface area (Å²) in [5.74, 6) is 0.441. The number of anilines is 1. The van der Waals surface area contributed by atoms with Gasteiger partial charge in [-0.1, -0.05) is 42.5 Å². The summed E-state index contributed by atoms with van der Waals surface area (Å²) in [6.45, 7) is 0. The molecule has 0 aliphatic heterocycles. The highest BCUT2D eigenvalue weighted by atomic mass is 19.4. The topological polar surface area (TPSA) is 81.2 Å². The summed E-state index contributed by atoms with van der Waals surface area (Å²) in [6.07, 6.45) is -4.58. The molecule has 0 atom stereocenters. The molecule has 0 aliphatic rings. The van der Waals surface area contributed by atoms with Crippen molar-refractivity contribution in [3.05, 3.63) is 78.4 Å². The summed E-state index contributed by atoms with van der Waals surface area (Å²) in [7, 11) is 0. The van der Waals surface area contributed by atoms with Crippen molar-refractivity contribution in [1.29, 1.82) is 10.5 Å². The van der Waals surface area contributed by atoms with E-state index in [4.69, 9.17) is 15.3 Å². The molecule has 8 heteroatoms. The Bertz CT molecular complexity index is 1130. The van der Waals surface area contributed by atoms with Crippen molar-refractivity contribution in [1.82, 2.24) is 0 Å². The van der Waals surface area contributed by atoms with Gasteiger partial charge in [0.15, 0.2) is 5.75 Å². The fourth-order valence-electron chi connectivity index (χ4n) is 2.55. The first-order valence-corrected chi connectivity index (χ1v) is 8.59. The van der Waals surface area contributed by atoms with Gasteiger partial charge in [0.1, 0.15) is 17.9 Å². The van der Waals surface area contributed by atoms with Crippen molar-refractivity contribution in [3.63, 3.8) is 0 Å². The van der Waals surface area contributed by atoms with Crippen molar-refractivity contribution in [2.24, 2.45) is 5.10 Å². The van der Waals surface area contributed by atoms with E-state index in [0.29, 0.717) is 5.75 Å². The highest BCUT2D eigenvalue weighted by Gasteiger charge is 2.31. The van der Waals surface area contributed by atoms with Crippen LogP contribution in [-0.2, 0) is 6.18 Å². The highest BCUT2D eigenvalue weighted by molar-refractivity contribution is 6.10. The first-order valence-electron chi connectivity index (χ1n) is 8.59. The van der Waals surface area contributed by atoms with Gasteiger partial charge in [-0.15, -0.1) is 0 Å². The molecule has 0 bridgehead atoms. The molecular formula is C22H13F3N4O. The summed E-state index contributed by atoms with van der Waals surface area (Å²) in [6, 6.07) is 22.5. The normalized spacial score (nSPS) is 10.4. The maximum Gasteiger partial charge on any atom is 0.416 e. The molecule has 0 amide bonds. The monoisotopic (exact) mass is 406 g/mol. The minimum Gasteiger partial charge on any atom is -0.455 e. The predicted molar refractivity (Wildman–Crippen MR) is 106 cm³/mol. The maximum atomic E-state index is 13.1. The molecule has 0 radical (unpaired) electrons. The lowest BCUT2D eigenvalue weighted by molar-refractivity contribution is -0.137. The molecule has 0 aromatic heterocycles. The van der Waals surface area contributed by atoms with Crippen molar-refractivity contribution in [2.45, 2.75) is 6.18 Å². The summed E-state index contributed by atoms with van der Waals surface area (Å²) < 4.78 is 44.9. The molecule has 0 heterocycles. The van der Waals surface area contributed by atoms with Crippen LogP contribution in [0.3, 0.4) is 0 Å². The Hall–Kier alpha value is -4.30. The molecule has 30 heavy (non-hydrogen) atoms. The molecule has 0 unspecified atom stereocenters. The Morgan fingerprint density at radius 3 is 2.10 bits per heavy atom. The van der Waals surface area contributed by atoms with Crippen LogP contribution in [0.5, 0.6) is 11.5 Å². The van der Waals surface area contributed by atoms with E-state index >= 15 is 0 Å². The molecule has 0 aliphatic carbocycles. The van der Waals surface area contributed by atoms with Gasteiger partial charge in [-0.05, 0) is 41.5 Å². The number of hydrogen-bond donors (Lipinski definition) is 1. The van der Waals surface area contributed by atoms with Gasteiger partial charge in [-0.3, -0.25) is 5.43 Å². The number of rotatable bonds is 5. The second-order valence-electron chi connectivity index (χ2n) is 6.00. The number of ether oxygens (including phenoxy) is 1. The Labute approximate surface area is 170 Å². The maximum absolute atomic E-state index is 13.1. The number of hydrogen-bond acceptors (Lipinski definition) is 5. The summed E-state index contributed by atoms with van der Waals surface area (Å²) in [4.78, 5) is 0. The molecule has 0 saturated heterocycles. The van der Waals surface area contributed by atoms with Gasteiger partial charge >= 0.3 is 6.18 Å². The predicted octanol–water partition coefficient (Wildman–Crippen LogP) is 5.98. The number of nitrogens with one attached hydrogen (secondary N) is 1. The van der Waals surface area contributed by atoms with E-state index in [0.717, 1.165) is 29.3 Å². The van der Waals surface area contributed by atoms with Crippen LogP contribution in [0.15, 0.2) is 77.9 Å². The zero-order valence-corrected chi connectivity index (χ0v) is 15.3. The van der Waals surface area contributed by atoms with Gasteiger partial charge in [0.2, 0.25) is 5.71 Å². The standard InChI is InChI=1S/C22H13F3N4O/c23-22(24,25)17-8-11-21(20(12-17)29-28-18(13-26)14-27)30-19-9-6-16(7-10-19)15-4-2-1-3-5-15/h1-12,29H. The highest BCUT2D eigenvalue weighted by Crippen LogP contribution is 2.37. The average molecular weight is 406 g/mol. The van der Waals surface area contributed by atoms with Gasteiger partial charge in [-0.2, -0.15) is 28.8 Å². The van der Waals surface area contributed by atoms with Crippen molar-refractivity contribution >= 4 is 11.4 Å². The van der Waals surface area contributed by atoms with E-state index in [9.17, 15) is 13.2 Å². The molecule has 3 aromatic rings. The number of alkyl halides is 3. The van der Waals surface area contributed by atoms with Gasteiger partial charge in [0, 0.05) is 0 Å². The van der Waals surface area contributed by atoms with Crippen LogP contribution in [0.4, 0.5) is 18.9 Å². The molecule has 3 aromatic carbocycles. The number of benzene rings is 3. The first-order chi connectivity index (χ1) is 14.4. The Morgan fingerprint density at radius 1 is 0.867 bits per heavy atom. The summed E-state index contributed by atoms with van der Waals surface area (Å²) in [5.41, 5.74) is 2.66. The number of nitriles is 2. The van der Waals surface area contributed by atoms with E-state index in [2.05, 4.69) is 10.5 Å². The van der Waals surface area contributed by atoms with Gasteiger partial charge in [-0.25, -0.2) is 0 Å². The van der Waals surface area contributed by atoms with E-state index in [-0.39, 0.29) is 11.4 Å². The summed E-state index contributed by atoms with van der Waals surface area (Å²) in [5, 5.41) is 21.0. The number of nitrogens with zero attached hydrogens (tertiary/aromatic N) is 3. The first kappa shape index (κ1) is 20.4. The zero-order valence-electron chi connectivity index (χ0n) is 15.3. The van der Waals surface area contributed by atoms with Crippen LogP contribution in [0.1, 0.15) is 5.56 Å². The SMILES string of the molecule is N#CC(C#N)=NNc1cc(C(F)(F)F)ccc1Oc1ccc(-c2ccccc2)cc1. The third-order valence-corrected chi connectivity index (χ3v) is 4.00. The Kier molecular flexibility index (Phi) is 6.00. The van der Waals surface area contributed by atoms with Gasteiger partial charge < -0.3 is 4.74 Å². The average Bonchev–Trinajstić information content (AvgIpc) is 2.76. The molecule has 3 rings (SSSR count). The molecule has 0 saturated carbocycles. The fourth-order valence-corrected chi connectivity index (χ4v) is 2.55. The number of hydrazone groups is 1. The molecule has 0 spiro atoms. The largest absolute Gasteiger partial charge is 0.455 e. The Morgan fingerprint density at radius 2 is 1.50 bits per heavy atom. The molecular weight excluding hydrogens is 393 g/mol. The smallest absolute Gasteiger partial charge is 0.416 e. The van der Waals surface area contributed by atoms with Crippen LogP contribution in [0.25, 0.3) is 11.1 Å². The lowest BCUT2D eigenvalue weighted by Gasteiger charge is -2.14. The molecule has 148 valence electrons. The zero-order chi connectivity index (χ0) is 21.6. The molecule has 1 N–H and O–H groups in total. The fraction of sp³-hybridized carbons (Fsp3) is 0.0455. The van der Waals surface area contributed by atoms with Crippen LogP contribution in [0, 0.1) is 22.7 Å². The van der Waals surface area contributed by atoms with Gasteiger partial charge in [0.05, 0.1) is 11.3 Å². The van der Waals surface area contributed by atoms with E-state index < -0.39 is 17.5 Å². The van der Waals surface area contributed by atoms with E-state index in [1.54, 1.807) is 12.1 Å². The van der Waals surface area contributed by atoms with E-state index in [1.807, 2.05) is 42.5 Å². The third kappa shape index (κ3) is 4.94. The van der Waals surface area contributed by atoms with Crippen LogP contribution in [-0.4, -0.2) is 5.71 Å². The second kappa shape index (κ2) is 8.80. The van der Waals surface area contributed by atoms with E-state index in [1.165, 1.54) is 12.1 Å². The Balaban J connectivity index is 1.90. The molecule has 5 nitrogen and oxygen atoms in total. The lowest BCUT2D eigenvalue weighted by atomic mass is 10.1. The second-order valence-corrected chi connectivity index (χ2v) is 6.00. The van der Waals surface area contributed by atoms with Crippen molar-refractivity contribution in [2.75, 3.05) is 5.43 Å². The van der Waals surface area contributed by atoms with Crippen molar-refractivity contribution in [3.8, 4) is 34.8 Å². The minimum atomic E-state index is -4.58. The van der Waals surface area contributed by atoms with Gasteiger partial charge in [0.25, 0.3) is 0 Å². The van der Waals surface area contributed by atoms with Crippen LogP contribution in [0.2, 0.25) is 0 Å². The number of halogens is 3. The van der Waals surface area contributed by atoms with Crippen LogP contribution >= 0.6 is 0 Å². The van der Waals surface area contributed by atoms with Crippen LogP contribution < -0.4 is 10.2 Å². The lowest BCUT2D eigenvalue weighted by Crippen LogP contribution is -2.06.